The second kappa shape index (κ2) is 8.53. The van der Waals surface area contributed by atoms with Crippen LogP contribution in [0.15, 0.2) is 0 Å². The molecule has 0 aromatic rings. The van der Waals surface area contributed by atoms with E-state index in [1.807, 2.05) is 0 Å². The van der Waals surface area contributed by atoms with E-state index >= 15 is 0 Å². The van der Waals surface area contributed by atoms with Crippen LogP contribution in [0.25, 0.3) is 0 Å². The average molecular weight is 280 g/mol. The third-order valence-electron chi connectivity index (χ3n) is 1.79. The lowest BCUT2D eigenvalue weighted by Crippen LogP contribution is -2.18. The van der Waals surface area contributed by atoms with Crippen molar-refractivity contribution >= 4 is 64.8 Å². The second-order valence-corrected chi connectivity index (χ2v) is 13.6. The predicted octanol–water partition coefficient (Wildman–Crippen LogP) is 4.41. The van der Waals surface area contributed by atoms with E-state index in [1.165, 1.54) is 12.8 Å². The molecule has 0 radical (unpaired) electrons. The third kappa shape index (κ3) is 6.65. The highest BCUT2D eigenvalue weighted by Crippen LogP contribution is 2.30. The minimum atomic E-state index is -1.64. The summed E-state index contributed by atoms with van der Waals surface area (Å²) in [6.07, 6.45) is 4.62. The van der Waals surface area contributed by atoms with Crippen LogP contribution in [0.1, 0.15) is 32.6 Å². The molecule has 6 heteroatoms. The quantitative estimate of drug-likeness (QED) is 0.499. The Kier molecular flexibility index (Phi) is 10.1. The van der Waals surface area contributed by atoms with Crippen molar-refractivity contribution in [3.8, 4) is 0 Å². The fourth-order valence-corrected chi connectivity index (χ4v) is 12.3. The lowest BCUT2D eigenvalue weighted by Gasteiger charge is -2.11. The van der Waals surface area contributed by atoms with Crippen LogP contribution in [0, 0.1) is 0 Å². The minimum Gasteiger partial charge on any atom is -0.235 e. The SMILES string of the molecule is CCCCC[CH]([Al]([Cl])[Cl])[Al]([Cl])[Cl]. The number of rotatable bonds is 6. The van der Waals surface area contributed by atoms with Crippen LogP contribution in [0.3, 0.4) is 0 Å². The number of hydrogen-bond donors (Lipinski definition) is 0. The van der Waals surface area contributed by atoms with Gasteiger partial charge in [-0.05, 0) is 0 Å². The zero-order valence-electron chi connectivity index (χ0n) is 7.07. The van der Waals surface area contributed by atoms with E-state index in [9.17, 15) is 0 Å². The molecule has 0 aliphatic heterocycles. The first-order valence-corrected chi connectivity index (χ1v) is 12.5. The summed E-state index contributed by atoms with van der Waals surface area (Å²) in [4.78, 5) is 0. The van der Waals surface area contributed by atoms with Crippen molar-refractivity contribution in [2.45, 2.75) is 36.2 Å². The molecule has 0 aromatic carbocycles. The summed E-state index contributed by atoms with van der Waals surface area (Å²) in [5.41, 5.74) is 0. The largest absolute Gasteiger partial charge is 0.511 e. The molecule has 0 N–H and O–H groups in total. The van der Waals surface area contributed by atoms with Crippen molar-refractivity contribution in [3.63, 3.8) is 0 Å². The summed E-state index contributed by atoms with van der Waals surface area (Å²) in [5, 5.41) is 0. The zero-order valence-corrected chi connectivity index (χ0v) is 12.4. The van der Waals surface area contributed by atoms with Crippen LogP contribution >= 0.6 is 40.2 Å². The van der Waals surface area contributed by atoms with Gasteiger partial charge in [-0.25, -0.2) is 40.2 Å². The molecule has 0 fully saturated rings. The molecule has 0 saturated carbocycles. The van der Waals surface area contributed by atoms with Crippen LogP contribution in [0.5, 0.6) is 0 Å². The zero-order chi connectivity index (χ0) is 9.56. The van der Waals surface area contributed by atoms with Crippen LogP contribution in [-0.4, -0.2) is 24.6 Å². The summed E-state index contributed by atoms with van der Waals surface area (Å²) in [5.74, 6) is 0. The first-order valence-electron chi connectivity index (χ1n) is 4.15. The Morgan fingerprint density at radius 3 is 1.83 bits per heavy atom. The smallest absolute Gasteiger partial charge is 0.235 e. The van der Waals surface area contributed by atoms with Crippen LogP contribution < -0.4 is 0 Å². The Labute approximate surface area is 100 Å². The normalized spacial score (nSPS) is 10.5. The summed E-state index contributed by atoms with van der Waals surface area (Å²) in [6, 6.07) is 0. The van der Waals surface area contributed by atoms with Crippen LogP contribution in [0.2, 0.25) is 3.64 Å². The fourth-order valence-electron chi connectivity index (χ4n) is 0.992. The van der Waals surface area contributed by atoms with E-state index in [0.29, 0.717) is 0 Å². The summed E-state index contributed by atoms with van der Waals surface area (Å²) in [7, 11) is 23.6. The van der Waals surface area contributed by atoms with Crippen molar-refractivity contribution in [2.75, 3.05) is 0 Å². The third-order valence-corrected chi connectivity index (χ3v) is 12.9. The van der Waals surface area contributed by atoms with Gasteiger partial charge >= 0.3 is 24.6 Å². The van der Waals surface area contributed by atoms with Crippen molar-refractivity contribution in [2.24, 2.45) is 0 Å². The molecule has 0 bridgehead atoms. The highest BCUT2D eigenvalue weighted by atomic mass is 35.7. The maximum absolute atomic E-state index is 5.89. The van der Waals surface area contributed by atoms with Crippen LogP contribution in [-0.2, 0) is 0 Å². The van der Waals surface area contributed by atoms with Crippen LogP contribution in [0.4, 0.5) is 0 Å². The maximum atomic E-state index is 5.89. The molecule has 0 atom stereocenters. The molecule has 0 amide bonds. The average Bonchev–Trinajstić information content (AvgIpc) is 1.96. The number of unbranched alkanes of at least 4 members (excludes halogenated alkanes) is 2. The van der Waals surface area contributed by atoms with Gasteiger partial charge in [-0.1, -0.05) is 36.2 Å². The lowest BCUT2D eigenvalue weighted by molar-refractivity contribution is 0.687. The first kappa shape index (κ1) is 14.2. The summed E-state index contributed by atoms with van der Waals surface area (Å²) < 4.78 is 0.281. The molecular formula is C6H12Al2Cl4. The predicted molar refractivity (Wildman–Crippen MR) is 62.8 cm³/mol. The molecule has 0 aromatic heterocycles. The van der Waals surface area contributed by atoms with Crippen molar-refractivity contribution in [3.05, 3.63) is 0 Å². The maximum Gasteiger partial charge on any atom is 0.511 e. The van der Waals surface area contributed by atoms with Gasteiger partial charge in [0.2, 0.25) is 0 Å². The molecule has 0 unspecified atom stereocenters. The Morgan fingerprint density at radius 2 is 1.50 bits per heavy atom. The van der Waals surface area contributed by atoms with E-state index in [4.69, 9.17) is 40.2 Å². The summed E-state index contributed by atoms with van der Waals surface area (Å²) >= 11 is -3.29. The number of hydrogen-bond acceptors (Lipinski definition) is 0. The Hall–Kier alpha value is 2.22. The fraction of sp³-hybridized carbons (Fsp3) is 1.00. The van der Waals surface area contributed by atoms with E-state index in [1.54, 1.807) is 0 Å². The molecule has 0 aliphatic carbocycles. The molecular weight excluding hydrogens is 268 g/mol. The van der Waals surface area contributed by atoms with E-state index in [0.717, 1.165) is 12.8 Å². The second-order valence-electron chi connectivity index (χ2n) is 2.83. The van der Waals surface area contributed by atoms with Gasteiger partial charge in [-0.3, -0.25) is 0 Å². The monoisotopic (exact) mass is 278 g/mol. The molecule has 0 aliphatic rings. The molecule has 0 rings (SSSR count). The topological polar surface area (TPSA) is 0 Å². The van der Waals surface area contributed by atoms with Gasteiger partial charge in [0, 0.05) is 0 Å². The highest BCUT2D eigenvalue weighted by molar-refractivity contribution is 7.45. The van der Waals surface area contributed by atoms with E-state index < -0.39 is 24.6 Å². The summed E-state index contributed by atoms with van der Waals surface area (Å²) in [6.45, 7) is 2.17. The van der Waals surface area contributed by atoms with E-state index in [-0.39, 0.29) is 3.64 Å². The van der Waals surface area contributed by atoms with Crippen molar-refractivity contribution in [1.29, 1.82) is 0 Å². The van der Waals surface area contributed by atoms with E-state index in [2.05, 4.69) is 6.92 Å². The Balaban J connectivity index is 3.64. The number of halogens is 4. The molecule has 0 heterocycles. The van der Waals surface area contributed by atoms with Crippen molar-refractivity contribution in [1.82, 2.24) is 0 Å². The standard InChI is InChI=1S/C6H12.2Al.4ClH/c1-3-5-6-4-2;;;;;;/h1H,3-6H2,2H3;;;4*1H/q;2*+2;;;;/p-4. The highest BCUT2D eigenvalue weighted by Gasteiger charge is 2.35. The molecule has 12 heavy (non-hydrogen) atoms. The molecule has 0 nitrogen and oxygen atoms in total. The van der Waals surface area contributed by atoms with Gasteiger partial charge in [0.05, 0.1) is 0 Å². The molecule has 0 spiro atoms. The van der Waals surface area contributed by atoms with Crippen molar-refractivity contribution < 1.29 is 0 Å². The Bertz CT molecular complexity index is 102. The van der Waals surface area contributed by atoms with Gasteiger partial charge in [0.15, 0.2) is 0 Å². The minimum absolute atomic E-state index is 0.281. The lowest BCUT2D eigenvalue weighted by atomic mass is 10.2. The van der Waals surface area contributed by atoms with Gasteiger partial charge in [-0.15, -0.1) is 0 Å². The Morgan fingerprint density at radius 1 is 1.00 bits per heavy atom. The first-order chi connectivity index (χ1) is 5.59. The molecule has 0 saturated heterocycles. The van der Waals surface area contributed by atoms with Gasteiger partial charge in [0.25, 0.3) is 0 Å². The van der Waals surface area contributed by atoms with Gasteiger partial charge in [-0.2, -0.15) is 0 Å². The van der Waals surface area contributed by atoms with Gasteiger partial charge in [0.1, 0.15) is 0 Å². The molecule has 70 valence electrons. The van der Waals surface area contributed by atoms with Gasteiger partial charge < -0.3 is 0 Å².